The fraction of sp³-hybridized carbons (Fsp3) is 1.00. The van der Waals surface area contributed by atoms with Gasteiger partial charge in [0.05, 0.1) is 0 Å². The number of halogens is 1. The molecule has 3 heteroatoms. The Balaban J connectivity index is 2.14. The minimum Gasteiger partial charge on any atom is -0.301 e. The summed E-state index contributed by atoms with van der Waals surface area (Å²) >= 11 is 5.68. The summed E-state index contributed by atoms with van der Waals surface area (Å²) in [4.78, 5) is 2.66. The van der Waals surface area contributed by atoms with Crippen molar-refractivity contribution in [1.82, 2.24) is 4.90 Å². The van der Waals surface area contributed by atoms with Gasteiger partial charge in [-0.25, -0.2) is 0 Å². The van der Waals surface area contributed by atoms with Crippen molar-refractivity contribution in [3.8, 4) is 0 Å². The van der Waals surface area contributed by atoms with Crippen molar-refractivity contribution in [3.05, 3.63) is 0 Å². The number of hydrogen-bond acceptors (Lipinski definition) is 2. The van der Waals surface area contributed by atoms with Crippen molar-refractivity contribution >= 4 is 27.7 Å². The van der Waals surface area contributed by atoms with Gasteiger partial charge in [-0.3, -0.25) is 0 Å². The average molecular weight is 294 g/mol. The molecule has 0 N–H and O–H groups in total. The number of thioether (sulfide) groups is 1. The Bertz CT molecular complexity index is 166. The van der Waals surface area contributed by atoms with E-state index in [1.807, 2.05) is 0 Å². The molecule has 0 aromatic rings. The van der Waals surface area contributed by atoms with E-state index in [0.717, 1.165) is 16.5 Å². The summed E-state index contributed by atoms with van der Waals surface area (Å²) in [6.07, 6.45) is 4.02. The fourth-order valence-electron chi connectivity index (χ4n) is 1.96. The Morgan fingerprint density at radius 1 is 1.47 bits per heavy atom. The largest absolute Gasteiger partial charge is 0.301 e. The van der Waals surface area contributed by atoms with Gasteiger partial charge in [-0.05, 0) is 31.7 Å². The number of alkyl halides is 1. The molecule has 1 aliphatic heterocycles. The van der Waals surface area contributed by atoms with Crippen LogP contribution in [0.4, 0.5) is 0 Å². The number of rotatable bonds is 6. The zero-order valence-electron chi connectivity index (χ0n) is 10.0. The fourth-order valence-corrected chi connectivity index (χ4v) is 3.99. The highest BCUT2D eigenvalue weighted by Crippen LogP contribution is 2.21. The van der Waals surface area contributed by atoms with Gasteiger partial charge >= 0.3 is 0 Å². The Labute approximate surface area is 107 Å². The monoisotopic (exact) mass is 293 g/mol. The topological polar surface area (TPSA) is 3.24 Å². The third-order valence-electron chi connectivity index (χ3n) is 3.22. The van der Waals surface area contributed by atoms with Crippen molar-refractivity contribution in [2.75, 3.05) is 30.7 Å². The predicted molar refractivity (Wildman–Crippen MR) is 75.2 cm³/mol. The zero-order chi connectivity index (χ0) is 11.1. The van der Waals surface area contributed by atoms with Gasteiger partial charge in [-0.2, -0.15) is 11.8 Å². The Morgan fingerprint density at radius 3 is 2.93 bits per heavy atom. The van der Waals surface area contributed by atoms with Crippen LogP contribution in [-0.2, 0) is 0 Å². The van der Waals surface area contributed by atoms with Gasteiger partial charge in [0.15, 0.2) is 0 Å². The maximum absolute atomic E-state index is 3.52. The molecule has 1 saturated heterocycles. The third kappa shape index (κ3) is 5.60. The average Bonchev–Trinajstić information content (AvgIpc) is 2.27. The Hall–Kier alpha value is 0.790. The SMILES string of the molecule is CCC1CN(CCC(C)CCBr)CCS1. The summed E-state index contributed by atoms with van der Waals surface area (Å²) in [7, 11) is 0. The first-order valence-corrected chi connectivity index (χ1v) is 8.33. The van der Waals surface area contributed by atoms with Gasteiger partial charge in [-0.15, -0.1) is 0 Å². The van der Waals surface area contributed by atoms with Gasteiger partial charge in [-0.1, -0.05) is 29.8 Å². The number of nitrogens with zero attached hydrogens (tertiary/aromatic N) is 1. The quantitative estimate of drug-likeness (QED) is 0.688. The first-order chi connectivity index (χ1) is 7.26. The second kappa shape index (κ2) is 7.97. The van der Waals surface area contributed by atoms with Crippen LogP contribution < -0.4 is 0 Å². The summed E-state index contributed by atoms with van der Waals surface area (Å²) in [6.45, 7) is 8.63. The van der Waals surface area contributed by atoms with E-state index in [2.05, 4.69) is 46.4 Å². The summed E-state index contributed by atoms with van der Waals surface area (Å²) in [6, 6.07) is 0. The van der Waals surface area contributed by atoms with Crippen LogP contribution in [0.2, 0.25) is 0 Å². The minimum absolute atomic E-state index is 0.874. The second-order valence-electron chi connectivity index (χ2n) is 4.57. The lowest BCUT2D eigenvalue weighted by Gasteiger charge is -2.32. The van der Waals surface area contributed by atoms with Crippen LogP contribution in [0.5, 0.6) is 0 Å². The van der Waals surface area contributed by atoms with Crippen LogP contribution in [0.25, 0.3) is 0 Å². The molecule has 1 nitrogen and oxygen atoms in total. The smallest absolute Gasteiger partial charge is 0.0172 e. The standard InChI is InChI=1S/C12H24BrNS/c1-3-12-10-14(8-9-15-12)7-5-11(2)4-6-13/h11-12H,3-10H2,1-2H3. The van der Waals surface area contributed by atoms with Crippen LogP contribution in [0.15, 0.2) is 0 Å². The molecule has 0 aromatic carbocycles. The molecule has 0 bridgehead atoms. The summed E-state index contributed by atoms with van der Waals surface area (Å²) < 4.78 is 0. The highest BCUT2D eigenvalue weighted by atomic mass is 79.9. The molecular formula is C12H24BrNS. The van der Waals surface area contributed by atoms with Crippen molar-refractivity contribution in [2.45, 2.75) is 38.4 Å². The molecule has 0 radical (unpaired) electrons. The van der Waals surface area contributed by atoms with Crippen LogP contribution in [-0.4, -0.2) is 40.9 Å². The van der Waals surface area contributed by atoms with Gasteiger partial charge in [0.25, 0.3) is 0 Å². The van der Waals surface area contributed by atoms with Gasteiger partial charge < -0.3 is 4.90 Å². The molecule has 1 heterocycles. The maximum atomic E-state index is 3.52. The first kappa shape index (κ1) is 13.9. The summed E-state index contributed by atoms with van der Waals surface area (Å²) in [5.41, 5.74) is 0. The second-order valence-corrected chi connectivity index (χ2v) is 6.77. The van der Waals surface area contributed by atoms with Gasteiger partial charge in [0.2, 0.25) is 0 Å². The Kier molecular flexibility index (Phi) is 7.36. The van der Waals surface area contributed by atoms with Crippen molar-refractivity contribution in [3.63, 3.8) is 0 Å². The molecule has 0 spiro atoms. The molecule has 1 rings (SSSR count). The van der Waals surface area contributed by atoms with Crippen LogP contribution >= 0.6 is 27.7 Å². The molecule has 2 unspecified atom stereocenters. The lowest BCUT2D eigenvalue weighted by Crippen LogP contribution is -2.38. The summed E-state index contributed by atoms with van der Waals surface area (Å²) in [5.74, 6) is 2.21. The van der Waals surface area contributed by atoms with E-state index < -0.39 is 0 Å². The van der Waals surface area contributed by atoms with Crippen molar-refractivity contribution in [1.29, 1.82) is 0 Å². The van der Waals surface area contributed by atoms with Crippen LogP contribution in [0.1, 0.15) is 33.1 Å². The molecule has 2 atom stereocenters. The lowest BCUT2D eigenvalue weighted by atomic mass is 10.1. The molecule has 1 fully saturated rings. The minimum atomic E-state index is 0.874. The van der Waals surface area contributed by atoms with E-state index in [9.17, 15) is 0 Å². The van der Waals surface area contributed by atoms with Crippen LogP contribution in [0.3, 0.4) is 0 Å². The van der Waals surface area contributed by atoms with Gasteiger partial charge in [0, 0.05) is 29.4 Å². The van der Waals surface area contributed by atoms with E-state index >= 15 is 0 Å². The molecule has 90 valence electrons. The summed E-state index contributed by atoms with van der Waals surface area (Å²) in [5, 5.41) is 2.05. The maximum Gasteiger partial charge on any atom is 0.0172 e. The highest BCUT2D eigenvalue weighted by Gasteiger charge is 2.18. The molecule has 0 saturated carbocycles. The molecular weight excluding hydrogens is 270 g/mol. The van der Waals surface area contributed by atoms with E-state index in [1.165, 1.54) is 44.6 Å². The molecule has 1 aliphatic rings. The molecule has 15 heavy (non-hydrogen) atoms. The molecule has 0 aliphatic carbocycles. The van der Waals surface area contributed by atoms with Crippen molar-refractivity contribution in [2.24, 2.45) is 5.92 Å². The van der Waals surface area contributed by atoms with E-state index in [0.29, 0.717) is 0 Å². The molecule has 0 amide bonds. The van der Waals surface area contributed by atoms with Gasteiger partial charge in [0.1, 0.15) is 0 Å². The zero-order valence-corrected chi connectivity index (χ0v) is 12.4. The lowest BCUT2D eigenvalue weighted by molar-refractivity contribution is 0.260. The number of hydrogen-bond donors (Lipinski definition) is 0. The predicted octanol–water partition coefficient (Wildman–Crippen LogP) is 3.63. The van der Waals surface area contributed by atoms with Crippen LogP contribution in [0, 0.1) is 5.92 Å². The normalized spacial score (nSPS) is 25.4. The third-order valence-corrected chi connectivity index (χ3v) is 5.05. The van der Waals surface area contributed by atoms with Crippen molar-refractivity contribution < 1.29 is 0 Å². The van der Waals surface area contributed by atoms with E-state index in [4.69, 9.17) is 0 Å². The Morgan fingerprint density at radius 2 is 2.27 bits per heavy atom. The van der Waals surface area contributed by atoms with E-state index in [1.54, 1.807) is 0 Å². The first-order valence-electron chi connectivity index (χ1n) is 6.16. The molecule has 0 aromatic heterocycles. The van der Waals surface area contributed by atoms with E-state index in [-0.39, 0.29) is 0 Å². The highest BCUT2D eigenvalue weighted by molar-refractivity contribution is 9.09.